The molecule has 0 saturated carbocycles. The lowest BCUT2D eigenvalue weighted by molar-refractivity contribution is 0.0741. The van der Waals surface area contributed by atoms with Gasteiger partial charge in [0.1, 0.15) is 11.4 Å². The monoisotopic (exact) mass is 451 g/mol. The number of rotatable bonds is 5. The van der Waals surface area contributed by atoms with Gasteiger partial charge in [-0.15, -0.1) is 11.3 Å². The topological polar surface area (TPSA) is 86.8 Å². The van der Waals surface area contributed by atoms with Crippen LogP contribution in [0.3, 0.4) is 0 Å². The van der Waals surface area contributed by atoms with Gasteiger partial charge in [-0.3, -0.25) is 10.1 Å². The Bertz CT molecular complexity index is 1090. The van der Waals surface area contributed by atoms with E-state index in [9.17, 15) is 9.59 Å². The van der Waals surface area contributed by atoms with Gasteiger partial charge in [-0.1, -0.05) is 12.1 Å². The zero-order chi connectivity index (χ0) is 22.5. The molecule has 0 atom stereocenters. The van der Waals surface area contributed by atoms with Crippen molar-refractivity contribution in [3.05, 3.63) is 65.2 Å². The van der Waals surface area contributed by atoms with Crippen LogP contribution in [0.25, 0.3) is 0 Å². The van der Waals surface area contributed by atoms with Gasteiger partial charge in [-0.2, -0.15) is 0 Å². The standard InChI is InChI=1S/C23H25N5O3S/c1-16-4-3-5-17(14-16)24-22(30)26-23-25-20(15-32-23)21(29)28-12-10-27(11-13-28)18-6-8-19(31-2)9-7-18/h3-9,14-15H,10-13H2,1-2H3,(H2,24,25,26,30). The van der Waals surface area contributed by atoms with E-state index in [0.717, 1.165) is 30.1 Å². The van der Waals surface area contributed by atoms with E-state index in [0.29, 0.717) is 29.6 Å². The molecule has 1 saturated heterocycles. The molecule has 3 amide bonds. The zero-order valence-corrected chi connectivity index (χ0v) is 18.8. The second-order valence-corrected chi connectivity index (χ2v) is 8.32. The molecule has 0 bridgehead atoms. The largest absolute Gasteiger partial charge is 0.497 e. The number of methoxy groups -OCH3 is 1. The number of ether oxygens (including phenoxy) is 1. The number of urea groups is 1. The van der Waals surface area contributed by atoms with E-state index in [1.165, 1.54) is 11.3 Å². The Labute approximate surface area is 190 Å². The van der Waals surface area contributed by atoms with Crippen LogP contribution in [0.15, 0.2) is 53.9 Å². The van der Waals surface area contributed by atoms with Crippen molar-refractivity contribution in [2.45, 2.75) is 6.92 Å². The van der Waals surface area contributed by atoms with Crippen molar-refractivity contribution in [2.75, 3.05) is 48.8 Å². The Morgan fingerprint density at radius 2 is 1.78 bits per heavy atom. The summed E-state index contributed by atoms with van der Waals surface area (Å²) in [7, 11) is 1.65. The average molecular weight is 452 g/mol. The molecule has 166 valence electrons. The van der Waals surface area contributed by atoms with Crippen molar-refractivity contribution in [1.82, 2.24) is 9.88 Å². The fourth-order valence-corrected chi connectivity index (χ4v) is 4.21. The fraction of sp³-hybridized carbons (Fsp3) is 0.261. The van der Waals surface area contributed by atoms with E-state index in [4.69, 9.17) is 4.74 Å². The molecule has 2 aromatic carbocycles. The van der Waals surface area contributed by atoms with E-state index in [2.05, 4.69) is 20.5 Å². The van der Waals surface area contributed by atoms with Gasteiger partial charge in [0.25, 0.3) is 5.91 Å². The van der Waals surface area contributed by atoms with Crippen molar-refractivity contribution >= 4 is 39.8 Å². The Kier molecular flexibility index (Phi) is 6.55. The number of carbonyl (C=O) groups is 2. The lowest BCUT2D eigenvalue weighted by atomic mass is 10.2. The lowest BCUT2D eigenvalue weighted by Crippen LogP contribution is -2.48. The maximum absolute atomic E-state index is 12.9. The zero-order valence-electron chi connectivity index (χ0n) is 18.0. The van der Waals surface area contributed by atoms with Crippen LogP contribution < -0.4 is 20.3 Å². The number of nitrogens with one attached hydrogen (secondary N) is 2. The first-order valence-electron chi connectivity index (χ1n) is 10.3. The lowest BCUT2D eigenvalue weighted by Gasteiger charge is -2.35. The molecule has 8 nitrogen and oxygen atoms in total. The molecule has 0 aliphatic carbocycles. The van der Waals surface area contributed by atoms with E-state index in [-0.39, 0.29) is 5.91 Å². The first-order chi connectivity index (χ1) is 15.5. The summed E-state index contributed by atoms with van der Waals surface area (Å²) < 4.78 is 5.21. The number of aromatic nitrogens is 1. The number of hydrogen-bond acceptors (Lipinski definition) is 6. The van der Waals surface area contributed by atoms with E-state index in [1.807, 2.05) is 55.5 Å². The van der Waals surface area contributed by atoms with Crippen molar-refractivity contribution < 1.29 is 14.3 Å². The first kappa shape index (κ1) is 21.6. The summed E-state index contributed by atoms with van der Waals surface area (Å²) in [6.45, 7) is 4.66. The molecule has 4 rings (SSSR count). The molecule has 0 spiro atoms. The van der Waals surface area contributed by atoms with Gasteiger partial charge in [-0.05, 0) is 48.9 Å². The van der Waals surface area contributed by atoms with Crippen molar-refractivity contribution in [1.29, 1.82) is 0 Å². The minimum Gasteiger partial charge on any atom is -0.497 e. The Morgan fingerprint density at radius 1 is 1.03 bits per heavy atom. The molecule has 2 heterocycles. The van der Waals surface area contributed by atoms with Crippen molar-refractivity contribution in [3.63, 3.8) is 0 Å². The highest BCUT2D eigenvalue weighted by Gasteiger charge is 2.24. The third-order valence-corrected chi connectivity index (χ3v) is 5.98. The van der Waals surface area contributed by atoms with E-state index >= 15 is 0 Å². The summed E-state index contributed by atoms with van der Waals surface area (Å²) >= 11 is 1.23. The molecular weight excluding hydrogens is 426 g/mol. The van der Waals surface area contributed by atoms with Gasteiger partial charge in [0.15, 0.2) is 5.13 Å². The summed E-state index contributed by atoms with van der Waals surface area (Å²) in [4.78, 5) is 33.4. The predicted octanol–water partition coefficient (Wildman–Crippen LogP) is 4.07. The minimum absolute atomic E-state index is 0.122. The number of aryl methyl sites for hydroxylation is 1. The van der Waals surface area contributed by atoms with Crippen molar-refractivity contribution in [2.24, 2.45) is 0 Å². The van der Waals surface area contributed by atoms with Gasteiger partial charge in [0.05, 0.1) is 7.11 Å². The first-order valence-corrected chi connectivity index (χ1v) is 11.2. The highest BCUT2D eigenvalue weighted by molar-refractivity contribution is 7.14. The van der Waals surface area contributed by atoms with Gasteiger partial charge >= 0.3 is 6.03 Å². The second-order valence-electron chi connectivity index (χ2n) is 7.46. The molecule has 1 aliphatic heterocycles. The smallest absolute Gasteiger partial charge is 0.325 e. The molecule has 1 aromatic heterocycles. The highest BCUT2D eigenvalue weighted by atomic mass is 32.1. The fourth-order valence-electron chi connectivity index (χ4n) is 3.53. The molecular formula is C23H25N5O3S. The van der Waals surface area contributed by atoms with Crippen LogP contribution in [0, 0.1) is 6.92 Å². The Hall–Kier alpha value is -3.59. The average Bonchev–Trinajstić information content (AvgIpc) is 3.27. The van der Waals surface area contributed by atoms with Gasteiger partial charge in [-0.25, -0.2) is 9.78 Å². The van der Waals surface area contributed by atoms with Crippen LogP contribution in [0.1, 0.15) is 16.1 Å². The molecule has 32 heavy (non-hydrogen) atoms. The highest BCUT2D eigenvalue weighted by Crippen LogP contribution is 2.22. The number of anilines is 3. The number of piperazine rings is 1. The third-order valence-electron chi connectivity index (χ3n) is 5.22. The van der Waals surface area contributed by atoms with Gasteiger partial charge in [0.2, 0.25) is 0 Å². The number of amides is 3. The maximum atomic E-state index is 12.9. The van der Waals surface area contributed by atoms with Crippen LogP contribution in [0.2, 0.25) is 0 Å². The summed E-state index contributed by atoms with van der Waals surface area (Å²) in [5, 5.41) is 7.53. The van der Waals surface area contributed by atoms with Crippen LogP contribution in [0.4, 0.5) is 21.3 Å². The van der Waals surface area contributed by atoms with Gasteiger partial charge < -0.3 is 19.9 Å². The summed E-state index contributed by atoms with van der Waals surface area (Å²) in [6, 6.07) is 15.1. The van der Waals surface area contributed by atoms with Crippen LogP contribution >= 0.6 is 11.3 Å². The molecule has 9 heteroatoms. The number of hydrogen-bond donors (Lipinski definition) is 2. The summed E-state index contributed by atoms with van der Waals surface area (Å²) in [6.07, 6.45) is 0. The van der Waals surface area contributed by atoms with Gasteiger partial charge in [0, 0.05) is 42.9 Å². The molecule has 0 radical (unpaired) electrons. The number of carbonyl (C=O) groups excluding carboxylic acids is 2. The van der Waals surface area contributed by atoms with E-state index < -0.39 is 6.03 Å². The molecule has 2 N–H and O–H groups in total. The third kappa shape index (κ3) is 5.17. The summed E-state index contributed by atoms with van der Waals surface area (Å²) in [5.74, 6) is 0.700. The van der Waals surface area contributed by atoms with Crippen molar-refractivity contribution in [3.8, 4) is 5.75 Å². The maximum Gasteiger partial charge on any atom is 0.325 e. The quantitative estimate of drug-likeness (QED) is 0.611. The number of benzene rings is 2. The van der Waals surface area contributed by atoms with Crippen LogP contribution in [-0.4, -0.2) is 55.1 Å². The molecule has 1 fully saturated rings. The molecule has 1 aliphatic rings. The number of nitrogens with zero attached hydrogens (tertiary/aromatic N) is 3. The van der Waals surface area contributed by atoms with Crippen LogP contribution in [-0.2, 0) is 0 Å². The summed E-state index contributed by atoms with van der Waals surface area (Å²) in [5.41, 5.74) is 3.21. The number of thiazole rings is 1. The Balaban J connectivity index is 1.30. The molecule has 3 aromatic rings. The SMILES string of the molecule is COc1ccc(N2CCN(C(=O)c3csc(NC(=O)Nc4cccc(C)c4)n3)CC2)cc1. The van der Waals surface area contributed by atoms with Crippen LogP contribution in [0.5, 0.6) is 5.75 Å². The predicted molar refractivity (Wildman–Crippen MR) is 127 cm³/mol. The second kappa shape index (κ2) is 9.69. The molecule has 0 unspecified atom stereocenters. The normalized spacial score (nSPS) is 13.6. The van der Waals surface area contributed by atoms with E-state index in [1.54, 1.807) is 17.4 Å². The minimum atomic E-state index is -0.392. The Morgan fingerprint density at radius 3 is 2.47 bits per heavy atom.